The van der Waals surface area contributed by atoms with E-state index in [0.717, 1.165) is 11.1 Å². The molecule has 17 heavy (non-hydrogen) atoms. The van der Waals surface area contributed by atoms with Gasteiger partial charge in [0.05, 0.1) is 0 Å². The van der Waals surface area contributed by atoms with Crippen LogP contribution in [-0.2, 0) is 9.84 Å². The molecule has 0 bridgehead atoms. The van der Waals surface area contributed by atoms with Gasteiger partial charge in [-0.3, -0.25) is 0 Å². The van der Waals surface area contributed by atoms with Gasteiger partial charge >= 0.3 is 0 Å². The molecule has 0 N–H and O–H groups in total. The first-order valence-corrected chi connectivity index (χ1v) is 7.15. The van der Waals surface area contributed by atoms with Crippen molar-refractivity contribution in [2.24, 2.45) is 0 Å². The van der Waals surface area contributed by atoms with Crippen molar-refractivity contribution < 1.29 is 8.42 Å². The zero-order chi connectivity index (χ0) is 11.9. The molecule has 2 aromatic carbocycles. The molecule has 86 valence electrons. The van der Waals surface area contributed by atoms with Crippen molar-refractivity contribution in [3.63, 3.8) is 0 Å². The van der Waals surface area contributed by atoms with E-state index >= 15 is 0 Å². The molecule has 2 nitrogen and oxygen atoms in total. The van der Waals surface area contributed by atoms with E-state index in [1.54, 1.807) is 0 Å². The molecule has 3 rings (SSSR count). The number of hydrogen-bond donors (Lipinski definition) is 0. The zero-order valence-corrected chi connectivity index (χ0v) is 9.97. The Labute approximate surface area is 101 Å². The molecule has 1 saturated heterocycles. The first-order chi connectivity index (χ1) is 8.21. The lowest BCUT2D eigenvalue weighted by molar-refractivity contribution is 0.611. The number of sulfone groups is 1. The molecule has 1 heterocycles. The highest BCUT2D eigenvalue weighted by molar-refractivity contribution is 7.98. The Balaban J connectivity index is 2.01. The summed E-state index contributed by atoms with van der Waals surface area (Å²) < 4.78 is 24.0. The lowest BCUT2D eigenvalue weighted by Gasteiger charge is -1.96. The number of benzene rings is 2. The van der Waals surface area contributed by atoms with Gasteiger partial charge in [-0.15, -0.1) is 0 Å². The molecule has 1 fully saturated rings. The topological polar surface area (TPSA) is 34.1 Å². The van der Waals surface area contributed by atoms with Crippen LogP contribution >= 0.6 is 0 Å². The molecule has 0 aliphatic carbocycles. The normalized spacial score (nSPS) is 25.4. The highest BCUT2D eigenvalue weighted by Gasteiger charge is 2.58. The van der Waals surface area contributed by atoms with Crippen LogP contribution in [0, 0.1) is 0 Å². The van der Waals surface area contributed by atoms with Gasteiger partial charge in [-0.1, -0.05) is 60.7 Å². The lowest BCUT2D eigenvalue weighted by Crippen LogP contribution is -1.82. The van der Waals surface area contributed by atoms with E-state index in [2.05, 4.69) is 0 Å². The fourth-order valence-corrected chi connectivity index (χ4v) is 4.48. The Morgan fingerprint density at radius 3 is 1.35 bits per heavy atom. The van der Waals surface area contributed by atoms with Crippen molar-refractivity contribution in [3.8, 4) is 0 Å². The largest absolute Gasteiger partial charge is 0.227 e. The summed E-state index contributed by atoms with van der Waals surface area (Å²) in [7, 11) is -3.00. The summed E-state index contributed by atoms with van der Waals surface area (Å²) in [4.78, 5) is 0. The van der Waals surface area contributed by atoms with E-state index in [-0.39, 0.29) is 10.5 Å². The third-order valence-corrected chi connectivity index (χ3v) is 5.35. The molecule has 2 unspecified atom stereocenters. The van der Waals surface area contributed by atoms with Crippen LogP contribution in [0.5, 0.6) is 0 Å². The second kappa shape index (κ2) is 3.70. The molecular weight excluding hydrogens is 232 g/mol. The molecule has 2 atom stereocenters. The average Bonchev–Trinajstić information content (AvgIpc) is 2.94. The van der Waals surface area contributed by atoms with Gasteiger partial charge < -0.3 is 0 Å². The fraction of sp³-hybridized carbons (Fsp3) is 0.143. The second-order valence-electron chi connectivity index (χ2n) is 4.25. The third-order valence-electron chi connectivity index (χ3n) is 3.16. The van der Waals surface area contributed by atoms with Crippen LogP contribution < -0.4 is 0 Å². The summed E-state index contributed by atoms with van der Waals surface area (Å²) in [6.45, 7) is 0. The summed E-state index contributed by atoms with van der Waals surface area (Å²) in [6.07, 6.45) is 0. The van der Waals surface area contributed by atoms with Gasteiger partial charge in [-0.05, 0) is 11.1 Å². The standard InChI is InChI=1S/C14H12O2S/c15-17(16)13(11-7-3-1-4-8-11)14(17)12-9-5-2-6-10-12/h1-10,13-14H. The molecule has 0 radical (unpaired) electrons. The lowest BCUT2D eigenvalue weighted by atomic mass is 10.0. The van der Waals surface area contributed by atoms with Gasteiger partial charge in [0.15, 0.2) is 9.84 Å². The van der Waals surface area contributed by atoms with Crippen LogP contribution in [0.2, 0.25) is 0 Å². The van der Waals surface area contributed by atoms with Gasteiger partial charge in [0, 0.05) is 0 Å². The quantitative estimate of drug-likeness (QED) is 0.761. The molecule has 0 spiro atoms. The summed E-state index contributed by atoms with van der Waals surface area (Å²) in [5, 5.41) is -0.711. The van der Waals surface area contributed by atoms with Crippen LogP contribution in [0.4, 0.5) is 0 Å². The zero-order valence-electron chi connectivity index (χ0n) is 9.15. The van der Waals surface area contributed by atoms with Gasteiger partial charge in [0.1, 0.15) is 10.5 Å². The Hall–Kier alpha value is -1.61. The van der Waals surface area contributed by atoms with Crippen molar-refractivity contribution in [1.29, 1.82) is 0 Å². The molecule has 0 saturated carbocycles. The molecule has 1 aliphatic heterocycles. The van der Waals surface area contributed by atoms with Crippen molar-refractivity contribution in [2.45, 2.75) is 10.5 Å². The fourth-order valence-electron chi connectivity index (χ4n) is 2.28. The van der Waals surface area contributed by atoms with Crippen molar-refractivity contribution >= 4 is 9.84 Å². The monoisotopic (exact) mass is 244 g/mol. The van der Waals surface area contributed by atoms with Crippen LogP contribution in [0.3, 0.4) is 0 Å². The minimum atomic E-state index is -3.00. The van der Waals surface area contributed by atoms with Crippen LogP contribution in [0.1, 0.15) is 21.6 Å². The predicted octanol–water partition coefficient (Wildman–Crippen LogP) is 2.90. The van der Waals surface area contributed by atoms with Crippen molar-refractivity contribution in [3.05, 3.63) is 71.8 Å². The summed E-state index contributed by atoms with van der Waals surface area (Å²) in [6, 6.07) is 18.8. The van der Waals surface area contributed by atoms with Gasteiger partial charge in [-0.2, -0.15) is 0 Å². The number of rotatable bonds is 2. The summed E-state index contributed by atoms with van der Waals surface area (Å²) in [5.41, 5.74) is 1.78. The van der Waals surface area contributed by atoms with Crippen LogP contribution in [-0.4, -0.2) is 8.42 Å². The van der Waals surface area contributed by atoms with Gasteiger partial charge in [-0.25, -0.2) is 8.42 Å². The molecule has 3 heteroatoms. The Kier molecular flexibility index (Phi) is 2.30. The maximum Gasteiger partial charge on any atom is 0.167 e. The minimum absolute atomic E-state index is 0.355. The second-order valence-corrected chi connectivity index (χ2v) is 6.45. The third kappa shape index (κ3) is 1.67. The van der Waals surface area contributed by atoms with E-state index in [1.807, 2.05) is 60.7 Å². The van der Waals surface area contributed by atoms with Crippen molar-refractivity contribution in [1.82, 2.24) is 0 Å². The average molecular weight is 244 g/mol. The predicted molar refractivity (Wildman–Crippen MR) is 67.3 cm³/mol. The highest BCUT2D eigenvalue weighted by atomic mass is 32.2. The van der Waals surface area contributed by atoms with E-state index in [1.165, 1.54) is 0 Å². The minimum Gasteiger partial charge on any atom is -0.227 e. The van der Waals surface area contributed by atoms with Gasteiger partial charge in [0.25, 0.3) is 0 Å². The molecular formula is C14H12O2S. The highest BCUT2D eigenvalue weighted by Crippen LogP contribution is 2.58. The molecule has 2 aromatic rings. The first kappa shape index (κ1) is 10.5. The van der Waals surface area contributed by atoms with Crippen molar-refractivity contribution in [2.75, 3.05) is 0 Å². The summed E-state index contributed by atoms with van der Waals surface area (Å²) in [5.74, 6) is 0. The van der Waals surface area contributed by atoms with Crippen LogP contribution in [0.15, 0.2) is 60.7 Å². The van der Waals surface area contributed by atoms with Crippen LogP contribution in [0.25, 0.3) is 0 Å². The van der Waals surface area contributed by atoms with E-state index < -0.39 is 9.84 Å². The number of hydrogen-bond acceptors (Lipinski definition) is 2. The SMILES string of the molecule is O=S1(=O)C(c2ccccc2)C1c1ccccc1. The molecule has 0 aromatic heterocycles. The van der Waals surface area contributed by atoms with Gasteiger partial charge in [0.2, 0.25) is 0 Å². The van der Waals surface area contributed by atoms with E-state index in [0.29, 0.717) is 0 Å². The maximum absolute atomic E-state index is 12.0. The summed E-state index contributed by atoms with van der Waals surface area (Å²) >= 11 is 0. The molecule has 1 aliphatic rings. The smallest absolute Gasteiger partial charge is 0.167 e. The Morgan fingerprint density at radius 1 is 0.647 bits per heavy atom. The first-order valence-electron chi connectivity index (χ1n) is 5.54. The Bertz CT molecular complexity index is 566. The molecule has 0 amide bonds. The maximum atomic E-state index is 12.0. The van der Waals surface area contributed by atoms with E-state index in [9.17, 15) is 8.42 Å². The van der Waals surface area contributed by atoms with E-state index in [4.69, 9.17) is 0 Å². The Morgan fingerprint density at radius 2 is 1.00 bits per heavy atom.